The van der Waals surface area contributed by atoms with Gasteiger partial charge in [0.2, 0.25) is 0 Å². The van der Waals surface area contributed by atoms with E-state index in [0.29, 0.717) is 0 Å². The van der Waals surface area contributed by atoms with Crippen molar-refractivity contribution in [1.82, 2.24) is 0 Å². The predicted octanol–water partition coefficient (Wildman–Crippen LogP) is 10.7. The van der Waals surface area contributed by atoms with Crippen LogP contribution in [-0.2, 0) is 10.8 Å². The average molecular weight is 525 g/mol. The van der Waals surface area contributed by atoms with Crippen LogP contribution in [0.4, 0.5) is 0 Å². The summed E-state index contributed by atoms with van der Waals surface area (Å²) in [6.07, 6.45) is 0. The van der Waals surface area contributed by atoms with E-state index >= 15 is 0 Å². The van der Waals surface area contributed by atoms with E-state index < -0.39 is 0 Å². The Morgan fingerprint density at radius 3 is 1.22 bits per heavy atom. The van der Waals surface area contributed by atoms with E-state index in [-0.39, 0.29) is 10.8 Å². The molecule has 0 fully saturated rings. The van der Waals surface area contributed by atoms with Crippen molar-refractivity contribution in [2.24, 2.45) is 0 Å². The molecule has 0 unspecified atom stereocenters. The van der Waals surface area contributed by atoms with Crippen molar-refractivity contribution in [3.8, 4) is 19.5 Å². The number of hydrogen-bond donors (Lipinski definition) is 0. The van der Waals surface area contributed by atoms with Gasteiger partial charge in [0.05, 0.1) is 38.3 Å². The molecule has 8 rings (SSSR count). The molecule has 160 valence electrons. The fourth-order valence-electron chi connectivity index (χ4n) is 6.10. The van der Waals surface area contributed by atoms with Gasteiger partial charge in [-0.1, -0.05) is 27.7 Å². The fourth-order valence-corrected chi connectivity index (χ4v) is 15.6. The normalized spacial score (nSPS) is 17.6. The molecular formula is C26H20S6. The van der Waals surface area contributed by atoms with Crippen LogP contribution in [0.15, 0.2) is 12.1 Å². The molecule has 6 aromatic rings. The van der Waals surface area contributed by atoms with Crippen LogP contribution in [0.25, 0.3) is 47.7 Å². The topological polar surface area (TPSA) is 0 Å². The van der Waals surface area contributed by atoms with Gasteiger partial charge < -0.3 is 0 Å². The van der Waals surface area contributed by atoms with Gasteiger partial charge >= 0.3 is 0 Å². The second-order valence-electron chi connectivity index (χ2n) is 10.2. The summed E-state index contributed by atoms with van der Waals surface area (Å²) in [6.45, 7) is 14.4. The predicted molar refractivity (Wildman–Crippen MR) is 151 cm³/mol. The summed E-state index contributed by atoms with van der Waals surface area (Å²) in [7, 11) is 0. The van der Waals surface area contributed by atoms with Crippen molar-refractivity contribution in [2.75, 3.05) is 0 Å². The fraction of sp³-hybridized carbons (Fsp3) is 0.308. The SMILES string of the molecule is Cc1cc2sc3c(c2s1)C(C)(C)c1c-3sc2c3c(sc12)-c1sc2cc(C)sc2c1C3(C)C. The molecule has 0 spiro atoms. The Kier molecular flexibility index (Phi) is 3.39. The minimum atomic E-state index is 0.0803. The molecule has 0 N–H and O–H groups in total. The summed E-state index contributed by atoms with van der Waals surface area (Å²) in [5.41, 5.74) is 6.57. The highest BCUT2D eigenvalue weighted by Gasteiger charge is 2.47. The highest BCUT2D eigenvalue weighted by Crippen LogP contribution is 2.67. The Balaban J connectivity index is 1.45. The van der Waals surface area contributed by atoms with Gasteiger partial charge in [-0.05, 0) is 48.2 Å². The van der Waals surface area contributed by atoms with Crippen LogP contribution in [0, 0.1) is 13.8 Å². The van der Waals surface area contributed by atoms with Gasteiger partial charge in [0, 0.05) is 30.0 Å². The molecule has 0 radical (unpaired) electrons. The summed E-state index contributed by atoms with van der Waals surface area (Å²) < 4.78 is 9.16. The monoisotopic (exact) mass is 524 g/mol. The Morgan fingerprint density at radius 2 is 0.812 bits per heavy atom. The molecule has 0 atom stereocenters. The van der Waals surface area contributed by atoms with Gasteiger partial charge in [-0.2, -0.15) is 0 Å². The van der Waals surface area contributed by atoms with Gasteiger partial charge in [0.25, 0.3) is 0 Å². The minimum absolute atomic E-state index is 0.0803. The van der Waals surface area contributed by atoms with Gasteiger partial charge in [-0.15, -0.1) is 68.0 Å². The van der Waals surface area contributed by atoms with Crippen LogP contribution in [0.2, 0.25) is 0 Å². The van der Waals surface area contributed by atoms with Crippen molar-refractivity contribution >= 4 is 96.2 Å². The minimum Gasteiger partial charge on any atom is -0.139 e. The molecule has 2 aliphatic rings. The van der Waals surface area contributed by atoms with E-state index in [4.69, 9.17) is 0 Å². The second-order valence-corrected chi connectivity index (χ2v) is 16.9. The maximum Gasteiger partial charge on any atom is 0.0508 e. The highest BCUT2D eigenvalue weighted by molar-refractivity contribution is 7.37. The van der Waals surface area contributed by atoms with Crippen LogP contribution in [0.1, 0.15) is 59.7 Å². The summed E-state index contributed by atoms with van der Waals surface area (Å²) in [4.78, 5) is 9.09. The zero-order valence-corrected chi connectivity index (χ0v) is 23.5. The maximum atomic E-state index is 2.47. The van der Waals surface area contributed by atoms with Gasteiger partial charge in [0.15, 0.2) is 0 Å². The lowest BCUT2D eigenvalue weighted by molar-refractivity contribution is 0.673. The lowest BCUT2D eigenvalue weighted by atomic mass is 9.82. The highest BCUT2D eigenvalue weighted by atomic mass is 32.1. The molecule has 2 aliphatic carbocycles. The molecule has 6 aromatic heterocycles. The first-order chi connectivity index (χ1) is 15.2. The molecule has 0 nitrogen and oxygen atoms in total. The Bertz CT molecular complexity index is 1660. The van der Waals surface area contributed by atoms with Gasteiger partial charge in [0.1, 0.15) is 0 Å². The number of thiophene rings is 6. The van der Waals surface area contributed by atoms with Crippen molar-refractivity contribution in [1.29, 1.82) is 0 Å². The lowest BCUT2D eigenvalue weighted by Crippen LogP contribution is -2.15. The van der Waals surface area contributed by atoms with E-state index in [1.54, 1.807) is 51.2 Å². The van der Waals surface area contributed by atoms with E-state index in [9.17, 15) is 0 Å². The molecule has 0 saturated heterocycles. The van der Waals surface area contributed by atoms with Crippen molar-refractivity contribution in [2.45, 2.75) is 52.4 Å². The zero-order valence-electron chi connectivity index (χ0n) is 18.6. The van der Waals surface area contributed by atoms with E-state index in [2.05, 4.69) is 76.3 Å². The maximum absolute atomic E-state index is 2.47. The third-order valence-corrected chi connectivity index (χ3v) is 14.9. The van der Waals surface area contributed by atoms with Crippen LogP contribution >= 0.6 is 68.0 Å². The molecule has 0 bridgehead atoms. The van der Waals surface area contributed by atoms with Crippen LogP contribution < -0.4 is 0 Å². The first-order valence-corrected chi connectivity index (χ1v) is 15.8. The number of hydrogen-bond acceptors (Lipinski definition) is 6. The van der Waals surface area contributed by atoms with E-state index in [0.717, 1.165) is 0 Å². The first-order valence-electron chi connectivity index (χ1n) is 10.9. The molecule has 6 heteroatoms. The number of aryl methyl sites for hydroxylation is 2. The Morgan fingerprint density at radius 1 is 0.469 bits per heavy atom. The molecule has 6 heterocycles. The molecule has 0 amide bonds. The molecular weight excluding hydrogens is 505 g/mol. The molecule has 0 saturated carbocycles. The molecule has 0 aromatic carbocycles. The van der Waals surface area contributed by atoms with Gasteiger partial charge in [-0.25, -0.2) is 0 Å². The third kappa shape index (κ3) is 1.98. The number of rotatable bonds is 0. The lowest BCUT2D eigenvalue weighted by Gasteiger charge is -2.21. The van der Waals surface area contributed by atoms with Crippen molar-refractivity contribution in [3.05, 3.63) is 44.1 Å². The van der Waals surface area contributed by atoms with Crippen LogP contribution in [0.3, 0.4) is 0 Å². The summed E-state index contributed by atoms with van der Waals surface area (Å²) in [5, 5.41) is 0. The average Bonchev–Trinajstić information content (AvgIpc) is 3.45. The van der Waals surface area contributed by atoms with Crippen LogP contribution in [-0.4, -0.2) is 0 Å². The van der Waals surface area contributed by atoms with E-state index in [1.807, 2.05) is 45.3 Å². The van der Waals surface area contributed by atoms with Crippen molar-refractivity contribution in [3.63, 3.8) is 0 Å². The largest absolute Gasteiger partial charge is 0.139 e. The van der Waals surface area contributed by atoms with E-state index in [1.165, 1.54) is 28.6 Å². The Hall–Kier alpha value is -1.02. The molecule has 0 aliphatic heterocycles. The third-order valence-electron chi connectivity index (χ3n) is 7.41. The second kappa shape index (κ2) is 5.61. The summed E-state index contributed by atoms with van der Waals surface area (Å²) in [5.74, 6) is 0. The van der Waals surface area contributed by atoms with Crippen molar-refractivity contribution < 1.29 is 0 Å². The first kappa shape index (κ1) is 19.3. The number of fused-ring (bicyclic) bond motifs is 13. The van der Waals surface area contributed by atoms with Crippen LogP contribution in [0.5, 0.6) is 0 Å². The smallest absolute Gasteiger partial charge is 0.0508 e. The standard InChI is InChI=1S/C26H20S6/c1-9-7-11-17(27-9)13-19(29-11)21-15(25(13,3)4)23-24(31-21)16-22(32-23)20-14(26(16,5)6)18-12(30-20)8-10(2)28-18/h7-8H,1-6H3. The molecule has 32 heavy (non-hydrogen) atoms. The zero-order chi connectivity index (χ0) is 21.9. The Labute approximate surface area is 210 Å². The summed E-state index contributed by atoms with van der Waals surface area (Å²) >= 11 is 12.2. The van der Waals surface area contributed by atoms with Gasteiger partial charge in [-0.3, -0.25) is 0 Å². The summed E-state index contributed by atoms with van der Waals surface area (Å²) in [6, 6.07) is 4.78. The quantitative estimate of drug-likeness (QED) is 0.185.